The first-order valence-electron chi connectivity index (χ1n) is 9.89. The van der Waals surface area contributed by atoms with E-state index in [1.807, 2.05) is 23.2 Å². The van der Waals surface area contributed by atoms with Crippen molar-refractivity contribution in [2.24, 2.45) is 0 Å². The summed E-state index contributed by atoms with van der Waals surface area (Å²) in [5.74, 6) is 0.220. The Morgan fingerprint density at radius 2 is 2.00 bits per heavy atom. The minimum absolute atomic E-state index is 0.112. The van der Waals surface area contributed by atoms with E-state index in [1.165, 1.54) is 7.11 Å². The molecule has 2 aliphatic rings. The lowest BCUT2D eigenvalue weighted by atomic mass is 9.97. The van der Waals surface area contributed by atoms with Crippen LogP contribution in [0.2, 0.25) is 0 Å². The summed E-state index contributed by atoms with van der Waals surface area (Å²) in [6.45, 7) is 4.89. The zero-order valence-electron chi connectivity index (χ0n) is 16.6. The van der Waals surface area contributed by atoms with Crippen LogP contribution in [0.4, 0.5) is 0 Å². The summed E-state index contributed by atoms with van der Waals surface area (Å²) in [6, 6.07) is 7.15. The molecule has 0 spiro atoms. The van der Waals surface area contributed by atoms with Gasteiger partial charge in [-0.3, -0.25) is 14.7 Å². The van der Waals surface area contributed by atoms with E-state index in [-0.39, 0.29) is 18.1 Å². The minimum atomic E-state index is -0.238. The number of hydrogen-bond acceptors (Lipinski definition) is 7. The first kappa shape index (κ1) is 19.8. The number of nitrogens with zero attached hydrogens (tertiary/aromatic N) is 4. The standard InChI is InChI=1S/C21H26N4O4/c1-27-20-17(5-3-7-23-20)21(26)25-10-13-29-18(15-24-8-11-28-12-9-24)19(25)16-4-2-6-22-14-16/h2-7,14,18-19H,8-13,15H2,1H3/t18-,19-/m0/s1. The highest BCUT2D eigenvalue weighted by Crippen LogP contribution is 2.32. The largest absolute Gasteiger partial charge is 0.480 e. The Bertz CT molecular complexity index is 813. The van der Waals surface area contributed by atoms with Crippen LogP contribution in [-0.4, -0.2) is 84.9 Å². The average molecular weight is 398 g/mol. The van der Waals surface area contributed by atoms with Gasteiger partial charge in [0, 0.05) is 44.8 Å². The van der Waals surface area contributed by atoms with Gasteiger partial charge in [0.15, 0.2) is 0 Å². The predicted molar refractivity (Wildman–Crippen MR) is 106 cm³/mol. The van der Waals surface area contributed by atoms with E-state index in [2.05, 4.69) is 14.9 Å². The molecule has 1 amide bonds. The number of morpholine rings is 2. The normalized spacial score (nSPS) is 23.0. The SMILES string of the molecule is COc1ncccc1C(=O)N1CCO[C@@H](CN2CCOCC2)[C@@H]1c1cccnc1. The highest BCUT2D eigenvalue weighted by molar-refractivity contribution is 5.96. The molecule has 2 saturated heterocycles. The lowest BCUT2D eigenvalue weighted by Crippen LogP contribution is -2.53. The van der Waals surface area contributed by atoms with E-state index in [0.29, 0.717) is 24.6 Å². The van der Waals surface area contributed by atoms with E-state index in [4.69, 9.17) is 14.2 Å². The van der Waals surface area contributed by atoms with Crippen molar-refractivity contribution < 1.29 is 19.0 Å². The second-order valence-electron chi connectivity index (χ2n) is 7.11. The Balaban J connectivity index is 1.64. The van der Waals surface area contributed by atoms with Crippen LogP contribution < -0.4 is 4.74 Å². The first-order chi connectivity index (χ1) is 14.3. The summed E-state index contributed by atoms with van der Waals surface area (Å²) >= 11 is 0. The maximum absolute atomic E-state index is 13.5. The monoisotopic (exact) mass is 398 g/mol. The molecule has 0 aromatic carbocycles. The highest BCUT2D eigenvalue weighted by atomic mass is 16.5. The first-order valence-corrected chi connectivity index (χ1v) is 9.89. The second kappa shape index (κ2) is 9.30. The van der Waals surface area contributed by atoms with Crippen LogP contribution in [0, 0.1) is 0 Å². The highest BCUT2D eigenvalue weighted by Gasteiger charge is 2.38. The third-order valence-corrected chi connectivity index (χ3v) is 5.38. The lowest BCUT2D eigenvalue weighted by molar-refractivity contribution is -0.0820. The summed E-state index contributed by atoms with van der Waals surface area (Å²) in [7, 11) is 1.53. The molecule has 0 unspecified atom stereocenters. The second-order valence-corrected chi connectivity index (χ2v) is 7.11. The van der Waals surface area contributed by atoms with E-state index in [1.54, 1.807) is 24.5 Å². The minimum Gasteiger partial charge on any atom is -0.480 e. The van der Waals surface area contributed by atoms with Crippen molar-refractivity contribution in [3.63, 3.8) is 0 Å². The smallest absolute Gasteiger partial charge is 0.260 e. The Morgan fingerprint density at radius 1 is 1.17 bits per heavy atom. The van der Waals surface area contributed by atoms with E-state index in [0.717, 1.165) is 38.4 Å². The van der Waals surface area contributed by atoms with Gasteiger partial charge in [0.25, 0.3) is 5.91 Å². The number of ether oxygens (including phenoxy) is 3. The zero-order valence-corrected chi connectivity index (χ0v) is 16.6. The molecule has 0 radical (unpaired) electrons. The Hall–Kier alpha value is -2.55. The van der Waals surface area contributed by atoms with Crippen LogP contribution in [0.1, 0.15) is 22.0 Å². The molecule has 8 nitrogen and oxygen atoms in total. The van der Waals surface area contributed by atoms with Gasteiger partial charge in [-0.25, -0.2) is 4.98 Å². The van der Waals surface area contributed by atoms with Crippen molar-refractivity contribution in [2.75, 3.05) is 53.1 Å². The maximum atomic E-state index is 13.5. The summed E-state index contributed by atoms with van der Waals surface area (Å²) in [5, 5.41) is 0. The third kappa shape index (κ3) is 4.39. The molecule has 4 rings (SSSR count). The summed E-state index contributed by atoms with van der Waals surface area (Å²) < 4.78 is 17.0. The van der Waals surface area contributed by atoms with Gasteiger partial charge < -0.3 is 19.1 Å². The summed E-state index contributed by atoms with van der Waals surface area (Å²) in [6.07, 6.45) is 5.01. The number of aromatic nitrogens is 2. The van der Waals surface area contributed by atoms with Gasteiger partial charge in [-0.1, -0.05) is 6.07 Å². The van der Waals surface area contributed by atoms with Gasteiger partial charge in [-0.05, 0) is 23.8 Å². The lowest BCUT2D eigenvalue weighted by Gasteiger charge is -2.43. The van der Waals surface area contributed by atoms with E-state index >= 15 is 0 Å². The molecule has 2 atom stereocenters. The van der Waals surface area contributed by atoms with Gasteiger partial charge in [-0.2, -0.15) is 0 Å². The number of carbonyl (C=O) groups is 1. The van der Waals surface area contributed by atoms with Gasteiger partial charge in [-0.15, -0.1) is 0 Å². The molecule has 8 heteroatoms. The molecule has 0 bridgehead atoms. The van der Waals surface area contributed by atoms with E-state index in [9.17, 15) is 4.79 Å². The van der Waals surface area contributed by atoms with Crippen molar-refractivity contribution in [3.8, 4) is 5.88 Å². The predicted octanol–water partition coefficient (Wildman–Crippen LogP) is 1.40. The Labute approximate surface area is 170 Å². The molecule has 2 aromatic rings. The van der Waals surface area contributed by atoms with Gasteiger partial charge in [0.1, 0.15) is 5.56 Å². The molecule has 2 aromatic heterocycles. The number of carbonyl (C=O) groups excluding carboxylic acids is 1. The fourth-order valence-corrected chi connectivity index (χ4v) is 3.97. The van der Waals surface area contributed by atoms with Crippen LogP contribution in [0.25, 0.3) is 0 Å². The number of methoxy groups -OCH3 is 1. The fraction of sp³-hybridized carbons (Fsp3) is 0.476. The molecule has 2 fully saturated rings. The average Bonchev–Trinajstić information content (AvgIpc) is 2.79. The van der Waals surface area contributed by atoms with Crippen molar-refractivity contribution in [2.45, 2.75) is 12.1 Å². The fourth-order valence-electron chi connectivity index (χ4n) is 3.97. The molecular weight excluding hydrogens is 372 g/mol. The maximum Gasteiger partial charge on any atom is 0.260 e. The molecule has 2 aliphatic heterocycles. The van der Waals surface area contributed by atoms with Crippen molar-refractivity contribution in [1.82, 2.24) is 19.8 Å². The quantitative estimate of drug-likeness (QED) is 0.753. The Morgan fingerprint density at radius 3 is 2.76 bits per heavy atom. The summed E-state index contributed by atoms with van der Waals surface area (Å²) in [5.41, 5.74) is 1.41. The topological polar surface area (TPSA) is 77.0 Å². The van der Waals surface area contributed by atoms with Crippen LogP contribution >= 0.6 is 0 Å². The van der Waals surface area contributed by atoms with Crippen molar-refractivity contribution in [1.29, 1.82) is 0 Å². The zero-order chi connectivity index (χ0) is 20.1. The molecule has 154 valence electrons. The molecular formula is C21H26N4O4. The summed E-state index contributed by atoms with van der Waals surface area (Å²) in [4.78, 5) is 26.2. The van der Waals surface area contributed by atoms with Crippen LogP contribution in [0.15, 0.2) is 42.9 Å². The number of amides is 1. The van der Waals surface area contributed by atoms with Crippen LogP contribution in [0.5, 0.6) is 5.88 Å². The van der Waals surface area contributed by atoms with Crippen LogP contribution in [-0.2, 0) is 9.47 Å². The van der Waals surface area contributed by atoms with Crippen molar-refractivity contribution >= 4 is 5.91 Å². The molecule has 0 N–H and O–H groups in total. The number of hydrogen-bond donors (Lipinski definition) is 0. The number of rotatable bonds is 5. The molecule has 0 aliphatic carbocycles. The molecule has 4 heterocycles. The van der Waals surface area contributed by atoms with Gasteiger partial charge in [0.05, 0.1) is 39.1 Å². The Kier molecular flexibility index (Phi) is 6.33. The number of pyridine rings is 2. The van der Waals surface area contributed by atoms with E-state index < -0.39 is 0 Å². The molecule has 0 saturated carbocycles. The van der Waals surface area contributed by atoms with Crippen molar-refractivity contribution in [3.05, 3.63) is 54.0 Å². The van der Waals surface area contributed by atoms with Gasteiger partial charge in [0.2, 0.25) is 5.88 Å². The third-order valence-electron chi connectivity index (χ3n) is 5.38. The van der Waals surface area contributed by atoms with Gasteiger partial charge >= 0.3 is 0 Å². The van der Waals surface area contributed by atoms with Crippen LogP contribution in [0.3, 0.4) is 0 Å². The molecule has 29 heavy (non-hydrogen) atoms.